The quantitative estimate of drug-likeness (QED) is 0.599. The summed E-state index contributed by atoms with van der Waals surface area (Å²) in [6, 6.07) is 2.39. The van der Waals surface area contributed by atoms with Crippen LogP contribution in [0.2, 0.25) is 0 Å². The minimum atomic E-state index is -5.82. The summed E-state index contributed by atoms with van der Waals surface area (Å²) in [5.74, 6) is -6.83. The molecule has 2 atom stereocenters. The minimum Gasteiger partial charge on any atom is -0.461 e. The number of hydrogen-bond donors (Lipinski definition) is 1. The van der Waals surface area contributed by atoms with Crippen molar-refractivity contribution in [3.8, 4) is 0 Å². The van der Waals surface area contributed by atoms with Crippen molar-refractivity contribution in [2.75, 3.05) is 11.9 Å². The van der Waals surface area contributed by atoms with Gasteiger partial charge in [0.15, 0.2) is 5.69 Å². The molecule has 2 unspecified atom stereocenters. The van der Waals surface area contributed by atoms with Crippen LogP contribution in [0.25, 0.3) is 0 Å². The number of benzene rings is 1. The van der Waals surface area contributed by atoms with Crippen molar-refractivity contribution in [3.05, 3.63) is 47.4 Å². The van der Waals surface area contributed by atoms with E-state index in [0.717, 1.165) is 18.2 Å². The number of ether oxygens (including phenoxy) is 1. The van der Waals surface area contributed by atoms with Crippen LogP contribution in [0.5, 0.6) is 0 Å². The third-order valence-electron chi connectivity index (χ3n) is 4.37. The van der Waals surface area contributed by atoms with Gasteiger partial charge in [0.2, 0.25) is 0 Å². The lowest BCUT2D eigenvalue weighted by atomic mass is 9.93. The van der Waals surface area contributed by atoms with Gasteiger partial charge in [-0.1, -0.05) is 12.1 Å². The number of halogens is 6. The van der Waals surface area contributed by atoms with E-state index in [1.165, 1.54) is 19.1 Å². The first-order valence-electron chi connectivity index (χ1n) is 8.27. The molecule has 0 bridgehead atoms. The second kappa shape index (κ2) is 7.02. The molecule has 0 spiro atoms. The summed E-state index contributed by atoms with van der Waals surface area (Å²) in [5, 5.41) is 6.39. The highest BCUT2D eigenvalue weighted by atomic mass is 19.4. The molecule has 11 heteroatoms. The Hall–Kier alpha value is -2.72. The van der Waals surface area contributed by atoms with E-state index >= 15 is 0 Å². The average molecular weight is 407 g/mol. The lowest BCUT2D eigenvalue weighted by molar-refractivity contribution is -0.301. The van der Waals surface area contributed by atoms with Crippen LogP contribution in [-0.4, -0.2) is 34.5 Å². The second-order valence-electron chi connectivity index (χ2n) is 6.20. The number of nitrogens with one attached hydrogen (secondary N) is 1. The predicted molar refractivity (Wildman–Crippen MR) is 85.6 cm³/mol. The zero-order chi connectivity index (χ0) is 20.7. The van der Waals surface area contributed by atoms with E-state index in [9.17, 15) is 31.1 Å². The summed E-state index contributed by atoms with van der Waals surface area (Å²) in [7, 11) is 0. The van der Waals surface area contributed by atoms with Crippen LogP contribution in [0.1, 0.15) is 41.5 Å². The van der Waals surface area contributed by atoms with Gasteiger partial charge >= 0.3 is 18.1 Å². The Kier molecular flexibility index (Phi) is 5.02. The first kappa shape index (κ1) is 20.0. The van der Waals surface area contributed by atoms with E-state index in [2.05, 4.69) is 10.4 Å². The third kappa shape index (κ3) is 3.52. The summed E-state index contributed by atoms with van der Waals surface area (Å²) in [6.07, 6.45) is -6.51. The number of rotatable bonds is 4. The molecule has 28 heavy (non-hydrogen) atoms. The maximum atomic E-state index is 14.2. The first-order chi connectivity index (χ1) is 13.0. The molecule has 1 aliphatic heterocycles. The van der Waals surface area contributed by atoms with E-state index in [4.69, 9.17) is 4.74 Å². The molecule has 152 valence electrons. The van der Waals surface area contributed by atoms with Crippen LogP contribution in [0.4, 0.5) is 32.2 Å². The molecule has 0 saturated heterocycles. The molecule has 0 fully saturated rings. The standard InChI is InChI=1S/C17H15F6N3O2/c1-2-28-15(27)12-8-14-24-11(9-3-5-10(18)6-4-9)7-13(26(14)25-12)16(19,20)17(21,22)23/h3-6,8,11,13,24H,2,7H2,1H3. The van der Waals surface area contributed by atoms with Gasteiger partial charge in [-0.05, 0) is 24.6 Å². The number of hydrogen-bond acceptors (Lipinski definition) is 4. The van der Waals surface area contributed by atoms with Crippen molar-refractivity contribution in [1.29, 1.82) is 0 Å². The van der Waals surface area contributed by atoms with Crippen molar-refractivity contribution in [1.82, 2.24) is 9.78 Å². The van der Waals surface area contributed by atoms with Crippen molar-refractivity contribution in [2.24, 2.45) is 0 Å². The number of carbonyl (C=O) groups is 1. The topological polar surface area (TPSA) is 56.2 Å². The van der Waals surface area contributed by atoms with Gasteiger partial charge in [-0.2, -0.15) is 27.1 Å². The summed E-state index contributed by atoms with van der Waals surface area (Å²) >= 11 is 0. The molecule has 3 rings (SSSR count). The van der Waals surface area contributed by atoms with Gasteiger partial charge in [0, 0.05) is 12.5 Å². The molecular formula is C17H15F6N3O2. The molecule has 1 aliphatic rings. The van der Waals surface area contributed by atoms with Crippen LogP contribution >= 0.6 is 0 Å². The van der Waals surface area contributed by atoms with Crippen LogP contribution in [0, 0.1) is 5.82 Å². The van der Waals surface area contributed by atoms with Gasteiger partial charge in [-0.25, -0.2) is 13.9 Å². The lowest BCUT2D eigenvalue weighted by Crippen LogP contribution is -2.47. The van der Waals surface area contributed by atoms with Crippen LogP contribution in [0.3, 0.4) is 0 Å². The Bertz CT molecular complexity index is 863. The van der Waals surface area contributed by atoms with Gasteiger partial charge in [0.05, 0.1) is 12.6 Å². The average Bonchev–Trinajstić information content (AvgIpc) is 3.05. The van der Waals surface area contributed by atoms with Gasteiger partial charge in [-0.15, -0.1) is 0 Å². The van der Waals surface area contributed by atoms with Gasteiger partial charge in [-0.3, -0.25) is 0 Å². The van der Waals surface area contributed by atoms with Crippen LogP contribution in [0.15, 0.2) is 30.3 Å². The maximum absolute atomic E-state index is 14.2. The summed E-state index contributed by atoms with van der Waals surface area (Å²) < 4.78 is 85.8. The van der Waals surface area contributed by atoms with Gasteiger partial charge in [0.1, 0.15) is 17.7 Å². The maximum Gasteiger partial charge on any atom is 0.455 e. The predicted octanol–water partition coefficient (Wildman–Crippen LogP) is 4.49. The smallest absolute Gasteiger partial charge is 0.455 e. The normalized spacial score (nSPS) is 19.7. The van der Waals surface area contributed by atoms with Crippen LogP contribution < -0.4 is 5.32 Å². The molecule has 0 saturated carbocycles. The molecule has 5 nitrogen and oxygen atoms in total. The molecule has 0 radical (unpaired) electrons. The van der Waals surface area contributed by atoms with Gasteiger partial charge in [0.25, 0.3) is 0 Å². The third-order valence-corrected chi connectivity index (χ3v) is 4.37. The monoisotopic (exact) mass is 407 g/mol. The number of alkyl halides is 5. The van der Waals surface area contributed by atoms with E-state index in [1.807, 2.05) is 0 Å². The van der Waals surface area contributed by atoms with Crippen molar-refractivity contribution >= 4 is 11.8 Å². The van der Waals surface area contributed by atoms with Crippen molar-refractivity contribution < 1.29 is 35.9 Å². The SMILES string of the molecule is CCOC(=O)c1cc2n(n1)C(C(F)(F)C(F)(F)F)CC(c1ccc(F)cc1)N2. The van der Waals surface area contributed by atoms with E-state index in [0.29, 0.717) is 10.2 Å². The Morgan fingerprint density at radius 3 is 2.46 bits per heavy atom. The molecule has 0 amide bonds. The highest BCUT2D eigenvalue weighted by Gasteiger charge is 2.64. The summed E-state index contributed by atoms with van der Waals surface area (Å²) in [5.41, 5.74) is -0.0819. The highest BCUT2D eigenvalue weighted by molar-refractivity contribution is 5.88. The van der Waals surface area contributed by atoms with Crippen LogP contribution in [-0.2, 0) is 4.74 Å². The molecule has 1 aromatic carbocycles. The Morgan fingerprint density at radius 1 is 1.25 bits per heavy atom. The molecule has 0 aliphatic carbocycles. The zero-order valence-electron chi connectivity index (χ0n) is 14.4. The zero-order valence-corrected chi connectivity index (χ0v) is 14.4. The number of anilines is 1. The van der Waals surface area contributed by atoms with Gasteiger partial charge < -0.3 is 10.1 Å². The summed E-state index contributed by atoms with van der Waals surface area (Å²) in [4.78, 5) is 11.8. The molecule has 2 heterocycles. The fourth-order valence-corrected chi connectivity index (χ4v) is 3.01. The number of esters is 1. The Morgan fingerprint density at radius 2 is 1.89 bits per heavy atom. The minimum absolute atomic E-state index is 0.0190. The molecule has 1 N–H and O–H groups in total. The fourth-order valence-electron chi connectivity index (χ4n) is 3.01. The number of aromatic nitrogens is 2. The fraction of sp³-hybridized carbons (Fsp3) is 0.412. The molecular weight excluding hydrogens is 392 g/mol. The number of nitrogens with zero attached hydrogens (tertiary/aromatic N) is 2. The molecule has 2 aromatic rings. The number of carbonyl (C=O) groups excluding carboxylic acids is 1. The van der Waals surface area contributed by atoms with E-state index in [1.54, 1.807) is 0 Å². The largest absolute Gasteiger partial charge is 0.461 e. The van der Waals surface area contributed by atoms with Crippen molar-refractivity contribution in [3.63, 3.8) is 0 Å². The molecule has 1 aromatic heterocycles. The number of fused-ring (bicyclic) bond motifs is 1. The highest BCUT2D eigenvalue weighted by Crippen LogP contribution is 2.50. The first-order valence-corrected chi connectivity index (χ1v) is 8.27. The second-order valence-corrected chi connectivity index (χ2v) is 6.20. The lowest BCUT2D eigenvalue weighted by Gasteiger charge is -2.37. The van der Waals surface area contributed by atoms with E-state index in [-0.39, 0.29) is 12.4 Å². The Labute approximate surface area is 155 Å². The summed E-state index contributed by atoms with van der Waals surface area (Å²) in [6.45, 7) is 1.49. The Balaban J connectivity index is 2.05. The van der Waals surface area contributed by atoms with E-state index < -0.39 is 48.1 Å². The van der Waals surface area contributed by atoms with Crippen molar-refractivity contribution in [2.45, 2.75) is 37.5 Å².